The largest absolute Gasteiger partial charge is 0.326 e. The molecule has 1 heterocycles. The van der Waals surface area contributed by atoms with E-state index in [1.807, 2.05) is 0 Å². The van der Waals surface area contributed by atoms with Gasteiger partial charge < -0.3 is 10.6 Å². The second-order valence-corrected chi connectivity index (χ2v) is 7.88. The average molecular weight is 400 g/mol. The zero-order valence-corrected chi connectivity index (χ0v) is 16.2. The van der Waals surface area contributed by atoms with E-state index in [1.54, 1.807) is 56.3 Å². The van der Waals surface area contributed by atoms with Crippen molar-refractivity contribution in [3.63, 3.8) is 0 Å². The molecular formula is C19H20N4O4S. The number of nitrogens with one attached hydrogen (secondary N) is 3. The second kappa shape index (κ2) is 7.81. The van der Waals surface area contributed by atoms with Gasteiger partial charge >= 0.3 is 0 Å². The van der Waals surface area contributed by atoms with Crippen LogP contribution in [0.15, 0.2) is 58.4 Å². The highest BCUT2D eigenvalue weighted by Crippen LogP contribution is 2.23. The first-order valence-corrected chi connectivity index (χ1v) is 10.2. The molecule has 2 aromatic rings. The van der Waals surface area contributed by atoms with E-state index < -0.39 is 22.0 Å². The fourth-order valence-corrected chi connectivity index (χ4v) is 3.89. The third-order valence-corrected chi connectivity index (χ3v) is 5.50. The maximum absolute atomic E-state index is 12.5. The zero-order valence-electron chi connectivity index (χ0n) is 15.4. The van der Waals surface area contributed by atoms with E-state index in [4.69, 9.17) is 0 Å². The molecule has 8 nitrogen and oxygen atoms in total. The van der Waals surface area contributed by atoms with Crippen molar-refractivity contribution < 1.29 is 18.0 Å². The quantitative estimate of drug-likeness (QED) is 0.712. The second-order valence-electron chi connectivity index (χ2n) is 6.23. The van der Waals surface area contributed by atoms with Crippen molar-refractivity contribution in [1.29, 1.82) is 0 Å². The van der Waals surface area contributed by atoms with Gasteiger partial charge in [-0.2, -0.15) is 0 Å². The number of hydrogen-bond acceptors (Lipinski definition) is 5. The van der Waals surface area contributed by atoms with Gasteiger partial charge in [0, 0.05) is 23.4 Å². The lowest BCUT2D eigenvalue weighted by atomic mass is 10.2. The summed E-state index contributed by atoms with van der Waals surface area (Å²) in [4.78, 5) is 28.4. The number of carbonyl (C=O) groups is 2. The Morgan fingerprint density at radius 1 is 1.07 bits per heavy atom. The molecule has 0 saturated heterocycles. The summed E-state index contributed by atoms with van der Waals surface area (Å²) in [5.41, 5.74) is 1.51. The Labute approximate surface area is 163 Å². The first kappa shape index (κ1) is 19.6. The summed E-state index contributed by atoms with van der Waals surface area (Å²) in [6, 6.07) is 12.4. The van der Waals surface area contributed by atoms with Gasteiger partial charge in [0.2, 0.25) is 11.8 Å². The first-order valence-electron chi connectivity index (χ1n) is 8.71. The number of fused-ring (bicyclic) bond motifs is 1. The molecule has 1 aliphatic heterocycles. The van der Waals surface area contributed by atoms with Crippen LogP contribution in [0.5, 0.6) is 0 Å². The average Bonchev–Trinajstić information content (AvgIpc) is 2.92. The summed E-state index contributed by atoms with van der Waals surface area (Å²) in [7, 11) is -3.66. The number of hydrogen-bond donors (Lipinski definition) is 3. The third kappa shape index (κ3) is 4.20. The van der Waals surface area contributed by atoms with E-state index in [0.717, 1.165) is 0 Å². The molecule has 3 N–H and O–H groups in total. The molecule has 0 spiro atoms. The fraction of sp³-hybridized carbons (Fsp3) is 0.211. The molecule has 9 heteroatoms. The van der Waals surface area contributed by atoms with Gasteiger partial charge in [-0.05, 0) is 37.3 Å². The number of sulfonamides is 1. The molecule has 28 heavy (non-hydrogen) atoms. The number of amides is 2. The Hall–Kier alpha value is -3.20. The van der Waals surface area contributed by atoms with Crippen LogP contribution < -0.4 is 15.4 Å². The first-order chi connectivity index (χ1) is 13.3. The van der Waals surface area contributed by atoms with Crippen molar-refractivity contribution in [1.82, 2.24) is 4.72 Å². The highest BCUT2D eigenvalue weighted by Gasteiger charge is 2.31. The Balaban J connectivity index is 1.75. The van der Waals surface area contributed by atoms with Gasteiger partial charge in [-0.3, -0.25) is 19.3 Å². The highest BCUT2D eigenvalue weighted by atomic mass is 32.2. The predicted molar refractivity (Wildman–Crippen MR) is 107 cm³/mol. The fourth-order valence-electron chi connectivity index (χ4n) is 2.65. The number of benzene rings is 2. The van der Waals surface area contributed by atoms with Gasteiger partial charge in [-0.25, -0.2) is 8.42 Å². The molecule has 0 saturated carbocycles. The molecule has 2 amide bonds. The molecule has 0 fully saturated rings. The van der Waals surface area contributed by atoms with E-state index in [0.29, 0.717) is 23.4 Å². The summed E-state index contributed by atoms with van der Waals surface area (Å²) in [5, 5.41) is 5.44. The maximum atomic E-state index is 12.5. The van der Waals surface area contributed by atoms with Gasteiger partial charge in [0.25, 0.3) is 10.0 Å². The molecule has 0 aliphatic carbocycles. The van der Waals surface area contributed by atoms with Crippen LogP contribution in [0, 0.1) is 0 Å². The minimum Gasteiger partial charge on any atom is -0.326 e. The number of anilines is 2. The lowest BCUT2D eigenvalue weighted by molar-refractivity contribution is -0.117. The molecule has 2 aromatic carbocycles. The Morgan fingerprint density at radius 3 is 2.46 bits per heavy atom. The number of aliphatic imine (C=N–C) groups is 1. The van der Waals surface area contributed by atoms with E-state index in [2.05, 4.69) is 20.3 Å². The molecular weight excluding hydrogens is 380 g/mol. The van der Waals surface area contributed by atoms with Crippen LogP contribution >= 0.6 is 0 Å². The van der Waals surface area contributed by atoms with Crippen molar-refractivity contribution in [3.8, 4) is 0 Å². The minimum atomic E-state index is -3.66. The molecule has 1 atom stereocenters. The molecule has 146 valence electrons. The summed E-state index contributed by atoms with van der Waals surface area (Å²) < 4.78 is 26.6. The summed E-state index contributed by atoms with van der Waals surface area (Å²) in [6.45, 7) is 3.32. The summed E-state index contributed by atoms with van der Waals surface area (Å²) in [5.74, 6) is -0.396. The van der Waals surface area contributed by atoms with Crippen molar-refractivity contribution in [2.45, 2.75) is 31.2 Å². The van der Waals surface area contributed by atoms with Gasteiger partial charge in [0.1, 0.15) is 11.9 Å². The lowest BCUT2D eigenvalue weighted by Gasteiger charge is -2.11. The van der Waals surface area contributed by atoms with Crippen LogP contribution in [0.1, 0.15) is 25.8 Å². The van der Waals surface area contributed by atoms with Gasteiger partial charge in [-0.15, -0.1) is 0 Å². The van der Waals surface area contributed by atoms with Crippen molar-refractivity contribution in [3.05, 3.63) is 54.1 Å². The van der Waals surface area contributed by atoms with E-state index in [9.17, 15) is 18.0 Å². The van der Waals surface area contributed by atoms with Crippen LogP contribution in [-0.2, 0) is 19.6 Å². The van der Waals surface area contributed by atoms with Crippen LogP contribution in [0.2, 0.25) is 0 Å². The number of carbonyl (C=O) groups excluding carboxylic acids is 2. The van der Waals surface area contributed by atoms with Gasteiger partial charge in [0.15, 0.2) is 0 Å². The molecule has 0 aromatic heterocycles. The minimum absolute atomic E-state index is 0.129. The topological polar surface area (TPSA) is 117 Å². The van der Waals surface area contributed by atoms with E-state index in [-0.39, 0.29) is 16.6 Å². The highest BCUT2D eigenvalue weighted by molar-refractivity contribution is 7.90. The van der Waals surface area contributed by atoms with Crippen LogP contribution in [0.3, 0.4) is 0 Å². The third-order valence-electron chi connectivity index (χ3n) is 4.10. The Kier molecular flexibility index (Phi) is 5.46. The van der Waals surface area contributed by atoms with Crippen LogP contribution in [-0.4, -0.2) is 32.1 Å². The maximum Gasteiger partial charge on any atom is 0.263 e. The van der Waals surface area contributed by atoms with Gasteiger partial charge in [0.05, 0.1) is 4.90 Å². The normalized spacial score (nSPS) is 16.7. The standard InChI is InChI=1S/C19H20N4O4S/c1-3-17(24)21-13-7-6-8-14(11-13)22-19(25)12(2)20-18-15-9-4-5-10-16(15)28(26,27)23-18/h4-12H,3H2,1-2H3,(H,20,23)(H,21,24)(H,22,25)/t12-/m0/s1. The SMILES string of the molecule is CCC(=O)Nc1cccc(NC(=O)[C@H](C)N=C2NS(=O)(=O)c3ccccc32)c1. The number of nitrogens with zero attached hydrogens (tertiary/aromatic N) is 1. The summed E-state index contributed by atoms with van der Waals surface area (Å²) in [6.07, 6.45) is 0.350. The van der Waals surface area contributed by atoms with Crippen LogP contribution in [0.25, 0.3) is 0 Å². The molecule has 1 aliphatic rings. The number of amidine groups is 1. The Morgan fingerprint density at radius 2 is 1.75 bits per heavy atom. The van der Waals surface area contributed by atoms with Crippen LogP contribution in [0.4, 0.5) is 11.4 Å². The van der Waals surface area contributed by atoms with Crippen molar-refractivity contribution in [2.24, 2.45) is 4.99 Å². The molecule has 0 bridgehead atoms. The van der Waals surface area contributed by atoms with Crippen molar-refractivity contribution in [2.75, 3.05) is 10.6 Å². The molecule has 3 rings (SSSR count). The lowest BCUT2D eigenvalue weighted by Crippen LogP contribution is -2.28. The van der Waals surface area contributed by atoms with E-state index >= 15 is 0 Å². The monoisotopic (exact) mass is 400 g/mol. The predicted octanol–water partition coefficient (Wildman–Crippen LogP) is 2.10. The van der Waals surface area contributed by atoms with Crippen molar-refractivity contribution >= 4 is 39.0 Å². The number of rotatable bonds is 5. The summed E-state index contributed by atoms with van der Waals surface area (Å²) >= 11 is 0. The zero-order chi connectivity index (χ0) is 20.3. The smallest absolute Gasteiger partial charge is 0.263 e. The Bertz CT molecular complexity index is 1060. The van der Waals surface area contributed by atoms with Gasteiger partial charge in [-0.1, -0.05) is 25.1 Å². The molecule has 0 unspecified atom stereocenters. The molecule has 0 radical (unpaired) electrons. The van der Waals surface area contributed by atoms with E-state index in [1.165, 1.54) is 6.07 Å².